The lowest BCUT2D eigenvalue weighted by molar-refractivity contribution is 0.698. The molecule has 0 N–H and O–H groups in total. The lowest BCUT2D eigenvalue weighted by Gasteiger charge is -2.28. The van der Waals surface area contributed by atoms with E-state index in [4.69, 9.17) is 0 Å². The summed E-state index contributed by atoms with van der Waals surface area (Å²) in [6, 6.07) is 0. The Morgan fingerprint density at radius 3 is 2.65 bits per heavy atom. The van der Waals surface area contributed by atoms with E-state index >= 15 is 0 Å². The molecule has 0 amide bonds. The van der Waals surface area contributed by atoms with Gasteiger partial charge in [0, 0.05) is 22.4 Å². The largest absolute Gasteiger partial charge is 0.281 e. The molecule has 120 valence electrons. The Morgan fingerprint density at radius 1 is 1.17 bits per heavy atom. The molecule has 0 aliphatic carbocycles. The minimum atomic E-state index is -0.207. The SMILES string of the molecule is Cc1nnc2n(C)c(=O)c3c4c(sc3n2c1=O)CSC(C)(C)C4. The monoisotopic (exact) mass is 348 g/mol. The molecular weight excluding hydrogens is 332 g/mol. The number of hydrogen-bond acceptors (Lipinski definition) is 6. The van der Waals surface area contributed by atoms with E-state index in [1.54, 1.807) is 18.4 Å². The van der Waals surface area contributed by atoms with Crippen LogP contribution < -0.4 is 11.1 Å². The van der Waals surface area contributed by atoms with E-state index in [0.29, 0.717) is 21.7 Å². The molecule has 3 aromatic heterocycles. The standard InChI is InChI=1S/C15H16N4O2S2/c1-7-11(20)19-13-10(12(21)18(4)14(19)17-16-7)8-5-15(2,3)22-6-9(8)23-13/h5-6H2,1-4H3. The number of rotatable bonds is 0. The van der Waals surface area contributed by atoms with Crippen molar-refractivity contribution in [1.29, 1.82) is 0 Å². The molecular formula is C15H16N4O2S2. The number of aryl methyl sites for hydroxylation is 2. The highest BCUT2D eigenvalue weighted by Gasteiger charge is 2.31. The van der Waals surface area contributed by atoms with Crippen LogP contribution >= 0.6 is 23.1 Å². The molecule has 8 heteroatoms. The Morgan fingerprint density at radius 2 is 1.91 bits per heavy atom. The molecule has 0 fully saturated rings. The number of hydrogen-bond donors (Lipinski definition) is 0. The van der Waals surface area contributed by atoms with Gasteiger partial charge in [-0.2, -0.15) is 0 Å². The van der Waals surface area contributed by atoms with Gasteiger partial charge in [0.1, 0.15) is 10.5 Å². The Balaban J connectivity index is 2.26. The van der Waals surface area contributed by atoms with Gasteiger partial charge >= 0.3 is 0 Å². The van der Waals surface area contributed by atoms with Crippen molar-refractivity contribution in [3.8, 4) is 0 Å². The van der Waals surface area contributed by atoms with E-state index < -0.39 is 0 Å². The number of aromatic nitrogens is 4. The summed E-state index contributed by atoms with van der Waals surface area (Å²) in [4.78, 5) is 27.3. The zero-order chi connectivity index (χ0) is 16.5. The molecule has 0 bridgehead atoms. The first-order chi connectivity index (χ1) is 10.8. The first-order valence-corrected chi connectivity index (χ1v) is 9.13. The predicted octanol–water partition coefficient (Wildman–Crippen LogP) is 1.88. The zero-order valence-electron chi connectivity index (χ0n) is 13.3. The molecule has 0 saturated carbocycles. The maximum atomic E-state index is 12.9. The molecule has 0 aromatic carbocycles. The van der Waals surface area contributed by atoms with Crippen LogP contribution in [0.3, 0.4) is 0 Å². The summed E-state index contributed by atoms with van der Waals surface area (Å²) in [5, 5.41) is 8.61. The van der Waals surface area contributed by atoms with E-state index in [1.165, 1.54) is 20.8 Å². The molecule has 6 nitrogen and oxygen atoms in total. The molecule has 0 saturated heterocycles. The molecule has 0 atom stereocenters. The van der Waals surface area contributed by atoms with Crippen molar-refractivity contribution >= 4 is 39.1 Å². The van der Waals surface area contributed by atoms with Gasteiger partial charge in [0.2, 0.25) is 5.78 Å². The lowest BCUT2D eigenvalue weighted by Crippen LogP contribution is -2.29. The van der Waals surface area contributed by atoms with Crippen LogP contribution in [0.15, 0.2) is 9.59 Å². The average molecular weight is 348 g/mol. The maximum absolute atomic E-state index is 12.9. The summed E-state index contributed by atoms with van der Waals surface area (Å²) in [5.74, 6) is 1.17. The van der Waals surface area contributed by atoms with Crippen molar-refractivity contribution in [2.45, 2.75) is 37.7 Å². The van der Waals surface area contributed by atoms with E-state index in [-0.39, 0.29) is 15.9 Å². The fourth-order valence-electron chi connectivity index (χ4n) is 3.04. The van der Waals surface area contributed by atoms with Crippen molar-refractivity contribution in [2.24, 2.45) is 7.05 Å². The van der Waals surface area contributed by atoms with Crippen molar-refractivity contribution < 1.29 is 0 Å². The van der Waals surface area contributed by atoms with Crippen molar-refractivity contribution in [1.82, 2.24) is 19.2 Å². The molecule has 23 heavy (non-hydrogen) atoms. The molecule has 4 rings (SSSR count). The quantitative estimate of drug-likeness (QED) is 0.620. The van der Waals surface area contributed by atoms with E-state index in [2.05, 4.69) is 24.0 Å². The molecule has 1 aliphatic heterocycles. The smallest absolute Gasteiger partial charge is 0.279 e. The Labute approximate surface area is 140 Å². The van der Waals surface area contributed by atoms with E-state index in [9.17, 15) is 9.59 Å². The Bertz CT molecular complexity index is 1090. The topological polar surface area (TPSA) is 69.3 Å². The molecule has 3 aromatic rings. The van der Waals surface area contributed by atoms with E-state index in [0.717, 1.165) is 17.7 Å². The van der Waals surface area contributed by atoms with Gasteiger partial charge < -0.3 is 0 Å². The Kier molecular flexibility index (Phi) is 3.02. The average Bonchev–Trinajstić information content (AvgIpc) is 2.84. The second-order valence-electron chi connectivity index (χ2n) is 6.50. The van der Waals surface area contributed by atoms with Crippen LogP contribution in [-0.4, -0.2) is 23.9 Å². The van der Waals surface area contributed by atoms with Crippen LogP contribution in [0, 0.1) is 6.92 Å². The number of nitrogens with zero attached hydrogens (tertiary/aromatic N) is 4. The third kappa shape index (κ3) is 2.01. The van der Waals surface area contributed by atoms with Gasteiger partial charge in [0.15, 0.2) is 0 Å². The second kappa shape index (κ2) is 4.67. The molecule has 0 spiro atoms. The predicted molar refractivity (Wildman–Crippen MR) is 93.7 cm³/mol. The minimum absolute atomic E-state index is 0.0956. The van der Waals surface area contributed by atoms with Crippen LogP contribution in [0.5, 0.6) is 0 Å². The normalized spacial score (nSPS) is 16.9. The highest BCUT2D eigenvalue weighted by atomic mass is 32.2. The first-order valence-electron chi connectivity index (χ1n) is 7.33. The van der Waals surface area contributed by atoms with Gasteiger partial charge in [-0.15, -0.1) is 33.3 Å². The third-order valence-corrected chi connectivity index (χ3v) is 7.05. The highest BCUT2D eigenvalue weighted by Crippen LogP contribution is 2.43. The number of thiophene rings is 1. The highest BCUT2D eigenvalue weighted by molar-refractivity contribution is 8.00. The van der Waals surface area contributed by atoms with Crippen LogP contribution in [-0.2, 0) is 19.2 Å². The Hall–Kier alpha value is -1.67. The lowest BCUT2D eigenvalue weighted by atomic mass is 10.00. The van der Waals surface area contributed by atoms with Gasteiger partial charge in [-0.3, -0.25) is 14.2 Å². The fourth-order valence-corrected chi connectivity index (χ4v) is 5.49. The number of fused-ring (bicyclic) bond motifs is 5. The van der Waals surface area contributed by atoms with Crippen molar-refractivity contribution in [2.75, 3.05) is 0 Å². The van der Waals surface area contributed by atoms with Gasteiger partial charge in [-0.1, -0.05) is 13.8 Å². The van der Waals surface area contributed by atoms with Gasteiger partial charge in [-0.05, 0) is 18.9 Å². The van der Waals surface area contributed by atoms with Gasteiger partial charge in [0.05, 0.1) is 5.39 Å². The molecule has 4 heterocycles. The van der Waals surface area contributed by atoms with Crippen molar-refractivity contribution in [3.63, 3.8) is 0 Å². The van der Waals surface area contributed by atoms with Gasteiger partial charge in [0.25, 0.3) is 11.1 Å². The van der Waals surface area contributed by atoms with E-state index in [1.807, 2.05) is 11.8 Å². The van der Waals surface area contributed by atoms with Crippen LogP contribution in [0.2, 0.25) is 0 Å². The van der Waals surface area contributed by atoms with Crippen LogP contribution in [0.1, 0.15) is 30.0 Å². The summed E-state index contributed by atoms with van der Waals surface area (Å²) in [6.07, 6.45) is 0.833. The van der Waals surface area contributed by atoms with Crippen LogP contribution in [0.25, 0.3) is 16.0 Å². The summed E-state index contributed by atoms with van der Waals surface area (Å²) in [6.45, 7) is 6.03. The molecule has 0 radical (unpaired) electrons. The summed E-state index contributed by atoms with van der Waals surface area (Å²) < 4.78 is 3.07. The summed E-state index contributed by atoms with van der Waals surface area (Å²) >= 11 is 3.42. The number of thioether (sulfide) groups is 1. The second-order valence-corrected chi connectivity index (χ2v) is 9.27. The molecule has 0 unspecified atom stereocenters. The van der Waals surface area contributed by atoms with Gasteiger partial charge in [-0.25, -0.2) is 4.40 Å². The zero-order valence-corrected chi connectivity index (χ0v) is 15.0. The fraction of sp³-hybridized carbons (Fsp3) is 0.467. The van der Waals surface area contributed by atoms with Crippen LogP contribution in [0.4, 0.5) is 0 Å². The minimum Gasteiger partial charge on any atom is -0.279 e. The third-order valence-electron chi connectivity index (χ3n) is 4.29. The summed E-state index contributed by atoms with van der Waals surface area (Å²) in [5.41, 5.74) is 1.13. The molecule has 1 aliphatic rings. The maximum Gasteiger partial charge on any atom is 0.281 e. The summed E-state index contributed by atoms with van der Waals surface area (Å²) in [7, 11) is 1.65. The first kappa shape index (κ1) is 14.9. The van der Waals surface area contributed by atoms with Crippen molar-refractivity contribution in [3.05, 3.63) is 36.8 Å².